The molecule has 1 aromatic rings. The molecule has 1 aromatic heterocycles. The summed E-state index contributed by atoms with van der Waals surface area (Å²) in [6.07, 6.45) is 15.7. The van der Waals surface area contributed by atoms with Crippen LogP contribution in [0.5, 0.6) is 0 Å². The van der Waals surface area contributed by atoms with Gasteiger partial charge in [-0.25, -0.2) is 0 Å². The van der Waals surface area contributed by atoms with Crippen molar-refractivity contribution in [2.75, 3.05) is 0 Å². The topological polar surface area (TPSA) is 0 Å². The van der Waals surface area contributed by atoms with Crippen LogP contribution in [0.2, 0.25) is 0 Å². The van der Waals surface area contributed by atoms with Crippen LogP contribution in [0.15, 0.2) is 64.0 Å². The van der Waals surface area contributed by atoms with Gasteiger partial charge in [0, 0.05) is 22.5 Å². The van der Waals surface area contributed by atoms with Crippen LogP contribution in [0.25, 0.3) is 6.08 Å². The third-order valence-electron chi connectivity index (χ3n) is 5.39. The van der Waals surface area contributed by atoms with Crippen molar-refractivity contribution in [1.29, 1.82) is 0 Å². The minimum absolute atomic E-state index is 0.124. The second kappa shape index (κ2) is 10.1. The summed E-state index contributed by atoms with van der Waals surface area (Å²) in [5.41, 5.74) is 3.20. The summed E-state index contributed by atoms with van der Waals surface area (Å²) in [6, 6.07) is 4.58. The van der Waals surface area contributed by atoms with E-state index in [1.165, 1.54) is 30.7 Å². The van der Waals surface area contributed by atoms with Crippen molar-refractivity contribution in [3.05, 3.63) is 79.3 Å². The zero-order chi connectivity index (χ0) is 25.2. The van der Waals surface area contributed by atoms with Crippen LogP contribution >= 0.6 is 23.1 Å². The summed E-state index contributed by atoms with van der Waals surface area (Å²) in [4.78, 5) is 5.74. The van der Waals surface area contributed by atoms with Crippen molar-refractivity contribution in [2.45, 2.75) is 93.9 Å². The van der Waals surface area contributed by atoms with E-state index in [1.807, 2.05) is 23.1 Å². The van der Waals surface area contributed by atoms with Gasteiger partial charge in [0.2, 0.25) is 21.1 Å². The molecule has 0 nitrogen and oxygen atoms in total. The van der Waals surface area contributed by atoms with Crippen LogP contribution in [0, 0.1) is 10.8 Å². The van der Waals surface area contributed by atoms with Crippen molar-refractivity contribution in [3.8, 4) is 0 Å². The molecule has 180 valence electrons. The van der Waals surface area contributed by atoms with E-state index >= 15 is 0 Å². The summed E-state index contributed by atoms with van der Waals surface area (Å²) in [6.45, 7) is 27.6. The molecule has 0 unspecified atom stereocenters. The Kier molecular flexibility index (Phi) is 8.51. The van der Waals surface area contributed by atoms with Gasteiger partial charge in [-0.2, -0.15) is 0 Å². The van der Waals surface area contributed by atoms with E-state index < -0.39 is 0 Å². The van der Waals surface area contributed by atoms with Crippen LogP contribution in [0.4, 0.5) is 0 Å². The van der Waals surface area contributed by atoms with E-state index in [0.717, 1.165) is 0 Å². The van der Waals surface area contributed by atoms with Gasteiger partial charge in [-0.15, -0.1) is 0 Å². The molecule has 0 saturated carbocycles. The van der Waals surface area contributed by atoms with Gasteiger partial charge in [0.1, 0.15) is 0 Å². The van der Waals surface area contributed by atoms with E-state index in [2.05, 4.69) is 138 Å². The molecule has 0 saturated heterocycles. The Labute approximate surface area is 212 Å². The zero-order valence-corrected chi connectivity index (χ0v) is 24.6. The van der Waals surface area contributed by atoms with E-state index in [-0.39, 0.29) is 21.7 Å². The average molecular weight is 482 g/mol. The lowest BCUT2D eigenvalue weighted by Crippen LogP contribution is -2.15. The molecule has 0 aromatic carbocycles. The SMILES string of the molecule is CC(C)(C)C1=CC(=C/C=C/C=C/c2ccc(C(C)(C)C)[s+]c2C(C)(C)C)C=C(C(C)(C)C)S1. The summed E-state index contributed by atoms with van der Waals surface area (Å²) < 4.78 is 0. The maximum atomic E-state index is 2.35. The molecule has 2 heterocycles. The molecular weight excluding hydrogens is 436 g/mol. The minimum atomic E-state index is 0.124. The standard InChI is InChI=1S/C31H45S2/c1-28(2,3)24-19-18-23(27(33-24)31(10,11)12)17-15-13-14-16-22-20-25(29(4,5)6)32-26(21-22)30(7,8)9/h13-21H,1-12H3/q+1/b14-13+,17-15+. The van der Waals surface area contributed by atoms with Gasteiger partial charge in [0.15, 0.2) is 0 Å². The monoisotopic (exact) mass is 481 g/mol. The van der Waals surface area contributed by atoms with E-state index in [9.17, 15) is 0 Å². The molecule has 0 bridgehead atoms. The van der Waals surface area contributed by atoms with Crippen molar-refractivity contribution in [1.82, 2.24) is 0 Å². The van der Waals surface area contributed by atoms with Crippen LogP contribution in [0.1, 0.15) is 98.4 Å². The summed E-state index contributed by atoms with van der Waals surface area (Å²) >= 11 is 3.89. The average Bonchev–Trinajstić information content (AvgIpc) is 2.64. The second-order valence-electron chi connectivity index (χ2n) is 13.1. The molecule has 0 N–H and O–H groups in total. The summed E-state index contributed by atoms with van der Waals surface area (Å²) in [5, 5.41) is 0. The van der Waals surface area contributed by atoms with Crippen LogP contribution < -0.4 is 0 Å². The van der Waals surface area contributed by atoms with Crippen molar-refractivity contribution >= 4 is 29.2 Å². The van der Waals surface area contributed by atoms with Crippen LogP contribution in [-0.4, -0.2) is 0 Å². The van der Waals surface area contributed by atoms with Crippen LogP contribution in [-0.2, 0) is 10.8 Å². The van der Waals surface area contributed by atoms with Gasteiger partial charge >= 0.3 is 0 Å². The Morgan fingerprint density at radius 3 is 1.64 bits per heavy atom. The molecule has 33 heavy (non-hydrogen) atoms. The highest BCUT2D eigenvalue weighted by Crippen LogP contribution is 2.48. The molecular formula is C31H45S2+. The predicted octanol–water partition coefficient (Wildman–Crippen LogP) is 10.7. The lowest BCUT2D eigenvalue weighted by atomic mass is 9.90. The van der Waals surface area contributed by atoms with E-state index in [4.69, 9.17) is 0 Å². The molecule has 0 amide bonds. The molecule has 0 spiro atoms. The van der Waals surface area contributed by atoms with Gasteiger partial charge in [-0.1, -0.05) is 119 Å². The summed E-state index contributed by atoms with van der Waals surface area (Å²) in [7, 11) is 0. The molecule has 2 rings (SSSR count). The Morgan fingerprint density at radius 1 is 0.636 bits per heavy atom. The lowest BCUT2D eigenvalue weighted by molar-refractivity contribution is 0.521. The quantitative estimate of drug-likeness (QED) is 0.305. The Balaban J connectivity index is 2.32. The number of hydrogen-bond acceptors (Lipinski definition) is 1. The first-order valence-electron chi connectivity index (χ1n) is 12.0. The first kappa shape index (κ1) is 27.9. The predicted molar refractivity (Wildman–Crippen MR) is 155 cm³/mol. The summed E-state index contributed by atoms with van der Waals surface area (Å²) in [5.74, 6) is 0. The number of rotatable bonds is 3. The first-order valence-corrected chi connectivity index (χ1v) is 13.7. The first-order chi connectivity index (χ1) is 14.9. The van der Waals surface area contributed by atoms with Gasteiger partial charge in [0.05, 0.1) is 0 Å². The Hall–Kier alpha value is -1.38. The largest absolute Gasteiger partial charge is 0.220 e. The molecule has 2 heteroatoms. The van der Waals surface area contributed by atoms with Crippen molar-refractivity contribution in [2.24, 2.45) is 10.8 Å². The molecule has 0 atom stereocenters. The number of thioether (sulfide) groups is 1. The third-order valence-corrected chi connectivity index (χ3v) is 9.31. The smallest absolute Gasteiger partial charge is 0.0978 e. The lowest BCUT2D eigenvalue weighted by Gasteiger charge is -2.31. The molecule has 0 radical (unpaired) electrons. The van der Waals surface area contributed by atoms with Crippen molar-refractivity contribution in [3.63, 3.8) is 0 Å². The molecule has 0 aliphatic carbocycles. The van der Waals surface area contributed by atoms with Crippen LogP contribution in [0.3, 0.4) is 0 Å². The third kappa shape index (κ3) is 8.11. The highest BCUT2D eigenvalue weighted by atomic mass is 32.2. The highest BCUT2D eigenvalue weighted by molar-refractivity contribution is 8.06. The van der Waals surface area contributed by atoms with Gasteiger partial charge < -0.3 is 0 Å². The van der Waals surface area contributed by atoms with Gasteiger partial charge in [-0.3, -0.25) is 0 Å². The fourth-order valence-corrected chi connectivity index (χ4v) is 5.77. The van der Waals surface area contributed by atoms with Crippen molar-refractivity contribution < 1.29 is 0 Å². The van der Waals surface area contributed by atoms with E-state index in [1.54, 1.807) is 0 Å². The Morgan fingerprint density at radius 2 is 1.18 bits per heavy atom. The fraction of sp³-hybridized carbons (Fsp3) is 0.516. The molecule has 0 fully saturated rings. The maximum Gasteiger partial charge on any atom is 0.220 e. The zero-order valence-electron chi connectivity index (χ0n) is 23.0. The maximum absolute atomic E-state index is 2.35. The number of hydrogen-bond donors (Lipinski definition) is 0. The second-order valence-corrected chi connectivity index (χ2v) is 15.3. The van der Waals surface area contributed by atoms with E-state index in [0.29, 0.717) is 0 Å². The Bertz CT molecular complexity index is 967. The molecule has 1 aliphatic rings. The molecule has 1 aliphatic heterocycles. The number of allylic oxidation sites excluding steroid dienone is 9. The highest BCUT2D eigenvalue weighted by Gasteiger charge is 2.33. The van der Waals surface area contributed by atoms with Gasteiger partial charge in [0.25, 0.3) is 0 Å². The minimum Gasteiger partial charge on any atom is -0.0978 e. The normalized spacial score (nSPS) is 16.4. The fourth-order valence-electron chi connectivity index (χ4n) is 3.31. The van der Waals surface area contributed by atoms with Gasteiger partial charge in [-0.05, 0) is 50.5 Å².